The molecule has 0 unspecified atom stereocenters. The van der Waals surface area contributed by atoms with Crippen LogP contribution in [0.4, 0.5) is 10.5 Å². The van der Waals surface area contributed by atoms with Crippen molar-refractivity contribution < 1.29 is 24.2 Å². The first-order chi connectivity index (χ1) is 15.1. The van der Waals surface area contributed by atoms with Gasteiger partial charge < -0.3 is 20.1 Å². The van der Waals surface area contributed by atoms with Gasteiger partial charge in [0.1, 0.15) is 11.6 Å². The van der Waals surface area contributed by atoms with Crippen LogP contribution in [0, 0.1) is 0 Å². The Labute approximate surface area is 188 Å². The zero-order chi connectivity index (χ0) is 23.3. The summed E-state index contributed by atoms with van der Waals surface area (Å²) in [6, 6.07) is 15.8. The second-order valence-electron chi connectivity index (χ2n) is 9.02. The summed E-state index contributed by atoms with van der Waals surface area (Å²) in [6.45, 7) is 5.27. The minimum atomic E-state index is -0.971. The van der Waals surface area contributed by atoms with E-state index in [1.54, 1.807) is 20.8 Å². The minimum Gasteiger partial charge on any atom is -0.481 e. The lowest BCUT2D eigenvalue weighted by atomic mass is 10.0. The first-order valence-electron chi connectivity index (χ1n) is 10.8. The molecule has 7 heteroatoms. The number of rotatable bonds is 7. The number of carboxylic acids is 1. The van der Waals surface area contributed by atoms with Gasteiger partial charge in [-0.05, 0) is 57.2 Å². The van der Waals surface area contributed by atoms with Crippen molar-refractivity contribution in [1.82, 2.24) is 5.32 Å². The fourth-order valence-electron chi connectivity index (χ4n) is 3.95. The van der Waals surface area contributed by atoms with Gasteiger partial charge in [-0.25, -0.2) is 4.79 Å². The minimum absolute atomic E-state index is 0.168. The van der Waals surface area contributed by atoms with Gasteiger partial charge in [0.15, 0.2) is 0 Å². The van der Waals surface area contributed by atoms with Gasteiger partial charge in [0.25, 0.3) is 0 Å². The van der Waals surface area contributed by atoms with Crippen molar-refractivity contribution in [2.45, 2.75) is 64.1 Å². The monoisotopic (exact) mass is 438 g/mol. The van der Waals surface area contributed by atoms with Crippen LogP contribution in [0.5, 0.6) is 0 Å². The number of carboxylic acid groups (broad SMARTS) is 1. The Morgan fingerprint density at radius 2 is 1.75 bits per heavy atom. The van der Waals surface area contributed by atoms with Crippen molar-refractivity contribution in [3.8, 4) is 0 Å². The van der Waals surface area contributed by atoms with Gasteiger partial charge in [0.05, 0.1) is 12.5 Å². The maximum Gasteiger partial charge on any atom is 0.408 e. The molecule has 0 bridgehead atoms. The molecule has 0 saturated carbocycles. The molecule has 7 nitrogen and oxygen atoms in total. The maximum atomic E-state index is 13.7. The summed E-state index contributed by atoms with van der Waals surface area (Å²) in [4.78, 5) is 39.2. The lowest BCUT2D eigenvalue weighted by molar-refractivity contribution is -0.137. The molecule has 32 heavy (non-hydrogen) atoms. The molecule has 2 aromatic rings. The van der Waals surface area contributed by atoms with E-state index in [0.717, 1.165) is 11.1 Å². The number of nitrogens with one attached hydrogen (secondary N) is 1. The quantitative estimate of drug-likeness (QED) is 0.683. The third-order valence-corrected chi connectivity index (χ3v) is 5.27. The summed E-state index contributed by atoms with van der Waals surface area (Å²) in [6.07, 6.45) is 0.558. The zero-order valence-corrected chi connectivity index (χ0v) is 18.7. The van der Waals surface area contributed by atoms with Gasteiger partial charge in [-0.15, -0.1) is 0 Å². The van der Waals surface area contributed by atoms with Gasteiger partial charge >= 0.3 is 12.1 Å². The molecule has 2 atom stereocenters. The summed E-state index contributed by atoms with van der Waals surface area (Å²) < 4.78 is 5.38. The molecular formula is C25H30N2O5. The summed E-state index contributed by atoms with van der Waals surface area (Å²) in [5.74, 6) is -1.30. The van der Waals surface area contributed by atoms with E-state index in [0.29, 0.717) is 24.9 Å². The van der Waals surface area contributed by atoms with Crippen LogP contribution in [-0.2, 0) is 27.2 Å². The predicted octanol–water partition coefficient (Wildman–Crippen LogP) is 3.95. The summed E-state index contributed by atoms with van der Waals surface area (Å²) in [5, 5.41) is 12.1. The predicted molar refractivity (Wildman–Crippen MR) is 122 cm³/mol. The molecule has 170 valence electrons. The van der Waals surface area contributed by atoms with Gasteiger partial charge in [-0.3, -0.25) is 9.59 Å². The van der Waals surface area contributed by atoms with E-state index >= 15 is 0 Å². The fourth-order valence-corrected chi connectivity index (χ4v) is 3.95. The number of aryl methyl sites for hydroxylation is 1. The Morgan fingerprint density at radius 3 is 2.41 bits per heavy atom. The van der Waals surface area contributed by atoms with Crippen LogP contribution in [0.15, 0.2) is 54.6 Å². The molecule has 0 spiro atoms. The van der Waals surface area contributed by atoms with E-state index in [-0.39, 0.29) is 12.3 Å². The van der Waals surface area contributed by atoms with Gasteiger partial charge in [-0.2, -0.15) is 0 Å². The largest absolute Gasteiger partial charge is 0.481 e. The SMILES string of the molecule is CC(C)(C)OC(=O)N[C@@H](CCc1ccccc1)C(=O)N1c2ccccc2C[C@@H]1CC(=O)O. The van der Waals surface area contributed by atoms with Crippen molar-refractivity contribution in [2.75, 3.05) is 4.90 Å². The van der Waals surface area contributed by atoms with Crippen LogP contribution in [0.3, 0.4) is 0 Å². The number of benzene rings is 2. The van der Waals surface area contributed by atoms with Gasteiger partial charge in [-0.1, -0.05) is 48.5 Å². The number of para-hydroxylation sites is 1. The van der Waals surface area contributed by atoms with E-state index < -0.39 is 29.7 Å². The number of carbonyl (C=O) groups is 3. The third-order valence-electron chi connectivity index (χ3n) is 5.27. The van der Waals surface area contributed by atoms with E-state index in [1.165, 1.54) is 4.90 Å². The molecule has 2 aromatic carbocycles. The molecule has 0 fully saturated rings. The molecule has 1 aliphatic rings. The number of ether oxygens (including phenoxy) is 1. The lowest BCUT2D eigenvalue weighted by Crippen LogP contribution is -2.52. The van der Waals surface area contributed by atoms with Crippen LogP contribution < -0.4 is 10.2 Å². The van der Waals surface area contributed by atoms with Crippen LogP contribution in [0.1, 0.15) is 44.7 Å². The number of hydrogen-bond donors (Lipinski definition) is 2. The van der Waals surface area contributed by atoms with Crippen LogP contribution in [0.2, 0.25) is 0 Å². The number of anilines is 1. The standard InChI is InChI=1S/C25H30N2O5/c1-25(2,3)32-24(31)26-20(14-13-17-9-5-4-6-10-17)23(30)27-19(16-22(28)29)15-18-11-7-8-12-21(18)27/h4-12,19-20H,13-16H2,1-3H3,(H,26,31)(H,28,29)/t19-,20+/m1/s1. The molecular weight excluding hydrogens is 408 g/mol. The smallest absolute Gasteiger partial charge is 0.408 e. The van der Waals surface area contributed by atoms with Crippen molar-refractivity contribution >= 4 is 23.7 Å². The Kier molecular flexibility index (Phi) is 7.18. The Morgan fingerprint density at radius 1 is 1.09 bits per heavy atom. The average Bonchev–Trinajstić information content (AvgIpc) is 3.07. The molecule has 0 aromatic heterocycles. The van der Waals surface area contributed by atoms with Gasteiger partial charge in [0, 0.05) is 5.69 Å². The van der Waals surface area contributed by atoms with E-state index in [1.807, 2.05) is 54.6 Å². The molecule has 2 amide bonds. The van der Waals surface area contributed by atoms with Crippen LogP contribution in [0.25, 0.3) is 0 Å². The lowest BCUT2D eigenvalue weighted by Gasteiger charge is -2.30. The summed E-state index contributed by atoms with van der Waals surface area (Å²) in [7, 11) is 0. The Balaban J connectivity index is 1.86. The van der Waals surface area contributed by atoms with Crippen LogP contribution >= 0.6 is 0 Å². The number of nitrogens with zero attached hydrogens (tertiary/aromatic N) is 1. The maximum absolute atomic E-state index is 13.7. The molecule has 0 radical (unpaired) electrons. The van der Waals surface area contributed by atoms with Crippen molar-refractivity contribution in [3.63, 3.8) is 0 Å². The molecule has 0 saturated heterocycles. The number of hydrogen-bond acceptors (Lipinski definition) is 4. The van der Waals surface area contributed by atoms with Crippen LogP contribution in [-0.4, -0.2) is 40.8 Å². The highest BCUT2D eigenvalue weighted by molar-refractivity contribution is 6.01. The number of amides is 2. The fraction of sp³-hybridized carbons (Fsp3) is 0.400. The summed E-state index contributed by atoms with van der Waals surface area (Å²) >= 11 is 0. The highest BCUT2D eigenvalue weighted by Gasteiger charge is 2.38. The highest BCUT2D eigenvalue weighted by Crippen LogP contribution is 2.34. The number of alkyl carbamates (subject to hydrolysis) is 1. The first kappa shape index (κ1) is 23.3. The van der Waals surface area contributed by atoms with E-state index in [9.17, 15) is 19.5 Å². The second kappa shape index (κ2) is 9.85. The number of carbonyl (C=O) groups excluding carboxylic acids is 2. The summed E-state index contributed by atoms with van der Waals surface area (Å²) in [5.41, 5.74) is 1.95. The molecule has 3 rings (SSSR count). The van der Waals surface area contributed by atoms with Crippen molar-refractivity contribution in [3.05, 3.63) is 65.7 Å². The molecule has 2 N–H and O–H groups in total. The second-order valence-corrected chi connectivity index (χ2v) is 9.02. The topological polar surface area (TPSA) is 95.9 Å². The molecule has 1 heterocycles. The average molecular weight is 439 g/mol. The van der Waals surface area contributed by atoms with Crippen molar-refractivity contribution in [2.24, 2.45) is 0 Å². The number of aliphatic carboxylic acids is 1. The van der Waals surface area contributed by atoms with E-state index in [2.05, 4.69) is 5.32 Å². The third kappa shape index (κ3) is 6.09. The highest BCUT2D eigenvalue weighted by atomic mass is 16.6. The zero-order valence-electron chi connectivity index (χ0n) is 18.7. The molecule has 1 aliphatic heterocycles. The first-order valence-corrected chi connectivity index (χ1v) is 10.8. The Hall–Kier alpha value is -3.35. The molecule has 0 aliphatic carbocycles. The van der Waals surface area contributed by atoms with Crippen molar-refractivity contribution in [1.29, 1.82) is 0 Å². The number of fused-ring (bicyclic) bond motifs is 1. The van der Waals surface area contributed by atoms with Gasteiger partial charge in [0.2, 0.25) is 5.91 Å². The Bertz CT molecular complexity index is 968. The van der Waals surface area contributed by atoms with E-state index in [4.69, 9.17) is 4.74 Å². The normalized spacial score (nSPS) is 16.2.